The molecule has 3 aromatic rings. The minimum atomic E-state index is -0.412. The lowest BCUT2D eigenvalue weighted by Gasteiger charge is -2.19. The third-order valence-electron chi connectivity index (χ3n) is 4.01. The molecule has 0 heterocycles. The minimum Gasteiger partial charge on any atom is -0.494 e. The SMILES string of the molecule is COc1cc(N)ccc1NC(=O)C(c1ccccc1)c1ccccc1. The highest BCUT2D eigenvalue weighted by Crippen LogP contribution is 2.30. The third kappa shape index (κ3) is 3.80. The molecular formula is C21H20N2O2. The van der Waals surface area contributed by atoms with Gasteiger partial charge in [-0.05, 0) is 23.3 Å². The summed E-state index contributed by atoms with van der Waals surface area (Å²) < 4.78 is 5.32. The summed E-state index contributed by atoms with van der Waals surface area (Å²) in [4.78, 5) is 13.1. The Labute approximate surface area is 147 Å². The van der Waals surface area contributed by atoms with Crippen LogP contribution >= 0.6 is 0 Å². The first-order valence-electron chi connectivity index (χ1n) is 8.03. The van der Waals surface area contributed by atoms with Gasteiger partial charge in [-0.3, -0.25) is 4.79 Å². The van der Waals surface area contributed by atoms with Gasteiger partial charge in [-0.1, -0.05) is 60.7 Å². The topological polar surface area (TPSA) is 64.3 Å². The van der Waals surface area contributed by atoms with Gasteiger partial charge < -0.3 is 15.8 Å². The standard InChI is InChI=1S/C21H20N2O2/c1-25-19-14-17(22)12-13-18(19)23-21(24)20(15-8-4-2-5-9-15)16-10-6-3-7-11-16/h2-14,20H,22H2,1H3,(H,23,24). The Morgan fingerprint density at radius 3 is 2.00 bits per heavy atom. The van der Waals surface area contributed by atoms with E-state index in [4.69, 9.17) is 10.5 Å². The number of hydrogen-bond acceptors (Lipinski definition) is 3. The van der Waals surface area contributed by atoms with Crippen LogP contribution in [0, 0.1) is 0 Å². The van der Waals surface area contributed by atoms with Crippen molar-refractivity contribution in [3.8, 4) is 5.75 Å². The molecule has 1 amide bonds. The molecule has 0 radical (unpaired) electrons. The molecule has 3 aromatic carbocycles. The Kier molecular flexibility index (Phi) is 5.00. The number of carbonyl (C=O) groups excluding carboxylic acids is 1. The average Bonchev–Trinajstić information content (AvgIpc) is 2.65. The third-order valence-corrected chi connectivity index (χ3v) is 4.01. The maximum Gasteiger partial charge on any atom is 0.236 e. The number of anilines is 2. The van der Waals surface area contributed by atoms with E-state index >= 15 is 0 Å². The number of benzene rings is 3. The van der Waals surface area contributed by atoms with Crippen molar-refractivity contribution in [2.24, 2.45) is 0 Å². The van der Waals surface area contributed by atoms with Crippen LogP contribution in [-0.2, 0) is 4.79 Å². The van der Waals surface area contributed by atoms with Crippen LogP contribution < -0.4 is 15.8 Å². The molecule has 4 nitrogen and oxygen atoms in total. The van der Waals surface area contributed by atoms with Gasteiger partial charge in [-0.15, -0.1) is 0 Å². The van der Waals surface area contributed by atoms with Gasteiger partial charge in [0, 0.05) is 11.8 Å². The Hall–Kier alpha value is -3.27. The molecule has 0 aliphatic rings. The highest BCUT2D eigenvalue weighted by atomic mass is 16.5. The number of amides is 1. The van der Waals surface area contributed by atoms with Crippen LogP contribution in [-0.4, -0.2) is 13.0 Å². The average molecular weight is 332 g/mol. The van der Waals surface area contributed by atoms with Crippen molar-refractivity contribution in [3.63, 3.8) is 0 Å². The quantitative estimate of drug-likeness (QED) is 0.693. The fourth-order valence-corrected chi connectivity index (χ4v) is 2.80. The number of methoxy groups -OCH3 is 1. The van der Waals surface area contributed by atoms with Crippen molar-refractivity contribution < 1.29 is 9.53 Å². The van der Waals surface area contributed by atoms with Crippen LogP contribution in [0.3, 0.4) is 0 Å². The Bertz CT molecular complexity index is 809. The molecule has 0 bridgehead atoms. The fourth-order valence-electron chi connectivity index (χ4n) is 2.80. The number of nitrogens with one attached hydrogen (secondary N) is 1. The lowest BCUT2D eigenvalue weighted by atomic mass is 9.90. The van der Waals surface area contributed by atoms with E-state index in [1.54, 1.807) is 25.3 Å². The summed E-state index contributed by atoms with van der Waals surface area (Å²) in [6.07, 6.45) is 0. The Morgan fingerprint density at radius 1 is 0.920 bits per heavy atom. The van der Waals surface area contributed by atoms with E-state index in [-0.39, 0.29) is 5.91 Å². The van der Waals surface area contributed by atoms with Crippen molar-refractivity contribution in [1.82, 2.24) is 0 Å². The second-order valence-electron chi connectivity index (χ2n) is 5.70. The van der Waals surface area contributed by atoms with Crippen LogP contribution in [0.4, 0.5) is 11.4 Å². The lowest BCUT2D eigenvalue weighted by molar-refractivity contribution is -0.116. The minimum absolute atomic E-state index is 0.125. The molecular weight excluding hydrogens is 312 g/mol. The molecule has 0 aliphatic heterocycles. The van der Waals surface area contributed by atoms with E-state index in [1.807, 2.05) is 60.7 Å². The molecule has 0 aromatic heterocycles. The summed E-state index contributed by atoms with van der Waals surface area (Å²) in [5, 5.41) is 2.97. The summed E-state index contributed by atoms with van der Waals surface area (Å²) in [6, 6.07) is 24.6. The van der Waals surface area contributed by atoms with E-state index in [9.17, 15) is 4.79 Å². The first kappa shape index (κ1) is 16.6. The summed E-state index contributed by atoms with van der Waals surface area (Å²) in [5.41, 5.74) is 8.82. The first-order chi connectivity index (χ1) is 12.2. The van der Waals surface area contributed by atoms with E-state index in [2.05, 4.69) is 5.32 Å². The summed E-state index contributed by atoms with van der Waals surface area (Å²) in [5.74, 6) is -0.00152. The van der Waals surface area contributed by atoms with Gasteiger partial charge in [0.15, 0.2) is 0 Å². The predicted molar refractivity (Wildman–Crippen MR) is 101 cm³/mol. The van der Waals surface area contributed by atoms with Crippen molar-refractivity contribution in [1.29, 1.82) is 0 Å². The molecule has 0 aliphatic carbocycles. The first-order valence-corrected chi connectivity index (χ1v) is 8.03. The van der Waals surface area contributed by atoms with E-state index in [1.165, 1.54) is 0 Å². The number of rotatable bonds is 5. The zero-order chi connectivity index (χ0) is 17.6. The maximum absolute atomic E-state index is 13.1. The number of nitrogens with two attached hydrogens (primary N) is 1. The molecule has 3 N–H and O–H groups in total. The summed E-state index contributed by atoms with van der Waals surface area (Å²) >= 11 is 0. The molecule has 3 rings (SSSR count). The van der Waals surface area contributed by atoms with Crippen LogP contribution in [0.2, 0.25) is 0 Å². The smallest absolute Gasteiger partial charge is 0.236 e. The van der Waals surface area contributed by atoms with E-state index in [0.29, 0.717) is 17.1 Å². The number of nitrogen functional groups attached to an aromatic ring is 1. The maximum atomic E-state index is 13.1. The molecule has 0 fully saturated rings. The molecule has 0 atom stereocenters. The highest BCUT2D eigenvalue weighted by molar-refractivity contribution is 5.99. The van der Waals surface area contributed by atoms with E-state index in [0.717, 1.165) is 11.1 Å². The van der Waals surface area contributed by atoms with Crippen molar-refractivity contribution in [2.45, 2.75) is 5.92 Å². The van der Waals surface area contributed by atoms with E-state index < -0.39 is 5.92 Å². The number of hydrogen-bond donors (Lipinski definition) is 2. The molecule has 0 saturated carbocycles. The molecule has 0 spiro atoms. The van der Waals surface area contributed by atoms with Crippen LogP contribution in [0.15, 0.2) is 78.9 Å². The molecule has 0 unspecified atom stereocenters. The van der Waals surface area contributed by atoms with Gasteiger partial charge >= 0.3 is 0 Å². The number of carbonyl (C=O) groups is 1. The second-order valence-corrected chi connectivity index (χ2v) is 5.70. The highest BCUT2D eigenvalue weighted by Gasteiger charge is 2.23. The van der Waals surface area contributed by atoms with Gasteiger partial charge in [0.1, 0.15) is 5.75 Å². The number of ether oxygens (including phenoxy) is 1. The Morgan fingerprint density at radius 2 is 1.48 bits per heavy atom. The van der Waals surface area contributed by atoms with Gasteiger partial charge in [0.05, 0.1) is 18.7 Å². The van der Waals surface area contributed by atoms with Gasteiger partial charge in [0.2, 0.25) is 5.91 Å². The molecule has 126 valence electrons. The summed E-state index contributed by atoms with van der Waals surface area (Å²) in [7, 11) is 1.55. The Balaban J connectivity index is 1.96. The predicted octanol–water partition coefficient (Wildman–Crippen LogP) is 4.05. The monoisotopic (exact) mass is 332 g/mol. The van der Waals surface area contributed by atoms with Crippen molar-refractivity contribution in [2.75, 3.05) is 18.2 Å². The van der Waals surface area contributed by atoms with Crippen LogP contribution in [0.1, 0.15) is 17.0 Å². The zero-order valence-electron chi connectivity index (χ0n) is 14.0. The van der Waals surface area contributed by atoms with Crippen LogP contribution in [0.5, 0.6) is 5.75 Å². The van der Waals surface area contributed by atoms with Gasteiger partial charge in [-0.2, -0.15) is 0 Å². The fraction of sp³-hybridized carbons (Fsp3) is 0.0952. The van der Waals surface area contributed by atoms with Crippen molar-refractivity contribution >= 4 is 17.3 Å². The van der Waals surface area contributed by atoms with Crippen molar-refractivity contribution in [3.05, 3.63) is 90.0 Å². The van der Waals surface area contributed by atoms with Gasteiger partial charge in [0.25, 0.3) is 0 Å². The second kappa shape index (κ2) is 7.53. The molecule has 25 heavy (non-hydrogen) atoms. The lowest BCUT2D eigenvalue weighted by Crippen LogP contribution is -2.22. The van der Waals surface area contributed by atoms with Crippen LogP contribution in [0.25, 0.3) is 0 Å². The van der Waals surface area contributed by atoms with Gasteiger partial charge in [-0.25, -0.2) is 0 Å². The normalized spacial score (nSPS) is 10.5. The molecule has 0 saturated heterocycles. The zero-order valence-corrected chi connectivity index (χ0v) is 14.0. The molecule has 4 heteroatoms. The largest absolute Gasteiger partial charge is 0.494 e. The summed E-state index contributed by atoms with van der Waals surface area (Å²) in [6.45, 7) is 0.